The molecule has 3 aliphatic carbocycles. The minimum Gasteiger partial charge on any atom is -0.321 e. The summed E-state index contributed by atoms with van der Waals surface area (Å²) < 4.78 is 0.946. The number of halogens is 1. The maximum atomic E-state index is 13.2. The Morgan fingerprint density at radius 2 is 1.34 bits per heavy atom. The van der Waals surface area contributed by atoms with E-state index in [1.165, 1.54) is 33.4 Å². The number of hydrogen-bond donors (Lipinski definition) is 1. The first-order chi connectivity index (χ1) is 20.2. The smallest absolute Gasteiger partial charge is 0.255 e. The van der Waals surface area contributed by atoms with Crippen LogP contribution in [-0.2, 0) is 5.41 Å². The number of hydrogen-bond acceptors (Lipinski definition) is 1. The number of fused-ring (bicyclic) bond motifs is 10. The van der Waals surface area contributed by atoms with Crippen molar-refractivity contribution in [1.82, 2.24) is 0 Å². The van der Waals surface area contributed by atoms with Crippen molar-refractivity contribution in [2.24, 2.45) is 5.92 Å². The molecule has 1 spiro atoms. The van der Waals surface area contributed by atoms with Crippen LogP contribution in [0.25, 0.3) is 22.3 Å². The number of amides is 1. The lowest BCUT2D eigenvalue weighted by Gasteiger charge is -2.36. The number of benzene rings is 5. The topological polar surface area (TPSA) is 29.1 Å². The lowest BCUT2D eigenvalue weighted by Crippen LogP contribution is -2.33. The minimum atomic E-state index is -0.278. The van der Waals surface area contributed by atoms with Gasteiger partial charge in [0.15, 0.2) is 0 Å². The number of allylic oxidation sites excluding steroid dienone is 4. The van der Waals surface area contributed by atoms with E-state index in [9.17, 15) is 4.79 Å². The molecule has 1 N–H and O–H groups in total. The van der Waals surface area contributed by atoms with Gasteiger partial charge in [0.2, 0.25) is 0 Å². The number of para-hydroxylation sites is 1. The van der Waals surface area contributed by atoms with E-state index in [1.54, 1.807) is 0 Å². The minimum absolute atomic E-state index is 0.123. The Bertz CT molecular complexity index is 1920. The van der Waals surface area contributed by atoms with E-state index in [1.807, 2.05) is 42.5 Å². The third-order valence-corrected chi connectivity index (χ3v) is 9.59. The van der Waals surface area contributed by atoms with Crippen LogP contribution in [0.15, 0.2) is 144 Å². The second kappa shape index (κ2) is 9.29. The van der Waals surface area contributed by atoms with Crippen LogP contribution >= 0.6 is 15.9 Å². The van der Waals surface area contributed by atoms with Gasteiger partial charge in [-0.2, -0.15) is 0 Å². The number of anilines is 1. The van der Waals surface area contributed by atoms with E-state index in [0.717, 1.165) is 21.3 Å². The van der Waals surface area contributed by atoms with E-state index >= 15 is 0 Å². The maximum absolute atomic E-state index is 13.2. The first kappa shape index (κ1) is 24.3. The lowest BCUT2D eigenvalue weighted by atomic mass is 9.65. The van der Waals surface area contributed by atoms with Crippen LogP contribution in [-0.4, -0.2) is 5.91 Å². The molecule has 8 rings (SSSR count). The highest BCUT2D eigenvalue weighted by molar-refractivity contribution is 9.10. The van der Waals surface area contributed by atoms with Crippen molar-refractivity contribution in [3.05, 3.63) is 172 Å². The first-order valence-corrected chi connectivity index (χ1v) is 14.8. The zero-order chi connectivity index (χ0) is 27.6. The fourth-order valence-electron chi connectivity index (χ4n) is 7.41. The number of carbonyl (C=O) groups is 1. The van der Waals surface area contributed by atoms with Crippen molar-refractivity contribution in [2.75, 3.05) is 5.32 Å². The van der Waals surface area contributed by atoms with Crippen LogP contribution in [0, 0.1) is 5.92 Å². The van der Waals surface area contributed by atoms with Crippen molar-refractivity contribution in [1.29, 1.82) is 0 Å². The first-order valence-electron chi connectivity index (χ1n) is 14.0. The lowest BCUT2D eigenvalue weighted by molar-refractivity contribution is 0.102. The van der Waals surface area contributed by atoms with E-state index in [0.29, 0.717) is 11.5 Å². The monoisotopic (exact) mass is 591 g/mol. The van der Waals surface area contributed by atoms with Gasteiger partial charge in [-0.25, -0.2) is 0 Å². The normalized spacial score (nSPS) is 20.8. The number of carbonyl (C=O) groups excluding carboxylic acids is 1. The summed E-state index contributed by atoms with van der Waals surface area (Å²) in [6.45, 7) is 0. The molecule has 5 aromatic carbocycles. The molecule has 0 fully saturated rings. The average Bonchev–Trinajstić information content (AvgIpc) is 3.49. The third kappa shape index (κ3) is 3.52. The largest absolute Gasteiger partial charge is 0.321 e. The van der Waals surface area contributed by atoms with Gasteiger partial charge in [0.1, 0.15) is 0 Å². The van der Waals surface area contributed by atoms with Crippen LogP contribution in [0.1, 0.15) is 38.5 Å². The van der Waals surface area contributed by atoms with Gasteiger partial charge in [-0.05, 0) is 75.3 Å². The summed E-state index contributed by atoms with van der Waals surface area (Å²) in [5, 5.41) is 3.18. The molecule has 196 valence electrons. The van der Waals surface area contributed by atoms with Gasteiger partial charge in [-0.3, -0.25) is 4.79 Å². The Morgan fingerprint density at radius 3 is 2.20 bits per heavy atom. The predicted molar refractivity (Wildman–Crippen MR) is 170 cm³/mol. The molecule has 0 aliphatic heterocycles. The Morgan fingerprint density at radius 1 is 0.659 bits per heavy atom. The zero-order valence-corrected chi connectivity index (χ0v) is 23.8. The summed E-state index contributed by atoms with van der Waals surface area (Å²) in [6.07, 6.45) is 9.19. The fraction of sp³-hybridized carbons (Fsp3) is 0.0789. The molecule has 3 unspecified atom stereocenters. The second-order valence-corrected chi connectivity index (χ2v) is 11.9. The van der Waals surface area contributed by atoms with Crippen LogP contribution in [0.2, 0.25) is 0 Å². The van der Waals surface area contributed by atoms with Crippen molar-refractivity contribution < 1.29 is 4.79 Å². The molecule has 0 aromatic heterocycles. The van der Waals surface area contributed by atoms with Gasteiger partial charge in [-0.15, -0.1) is 0 Å². The molecule has 0 radical (unpaired) electrons. The summed E-state index contributed by atoms with van der Waals surface area (Å²) in [7, 11) is 0. The SMILES string of the molecule is O=C(Nc1ccccc1-c1ccc2c(c1)C1(c3ccccc3-2)c2ccccc2C2C=CC=CC21)c1ccc(Br)cc1. The van der Waals surface area contributed by atoms with Gasteiger partial charge >= 0.3 is 0 Å². The molecular formula is C38H26BrNO. The molecule has 1 amide bonds. The van der Waals surface area contributed by atoms with Crippen LogP contribution in [0.3, 0.4) is 0 Å². The summed E-state index contributed by atoms with van der Waals surface area (Å²) in [4.78, 5) is 13.2. The summed E-state index contributed by atoms with van der Waals surface area (Å²) in [5.74, 6) is 0.493. The highest BCUT2D eigenvalue weighted by Gasteiger charge is 2.56. The fourth-order valence-corrected chi connectivity index (χ4v) is 7.68. The molecule has 0 saturated carbocycles. The molecule has 3 aliphatic rings. The molecule has 0 bridgehead atoms. The summed E-state index contributed by atoms with van der Waals surface area (Å²) >= 11 is 3.46. The van der Waals surface area contributed by atoms with Gasteiger partial charge in [-0.1, -0.05) is 119 Å². The molecule has 5 aromatic rings. The number of nitrogens with one attached hydrogen (secondary N) is 1. The average molecular weight is 593 g/mol. The van der Waals surface area contributed by atoms with Gasteiger partial charge in [0.05, 0.1) is 5.41 Å². The molecular weight excluding hydrogens is 566 g/mol. The number of rotatable bonds is 3. The van der Waals surface area contributed by atoms with Crippen LogP contribution in [0.5, 0.6) is 0 Å². The standard InChI is InChI=1S/C38H26BrNO/c39-26-20-17-24(18-21-26)37(41)40-36-16-8-4-9-27(36)25-19-22-31-30-12-3-7-15-34(30)38(35(31)23-25)32-13-5-1-10-28(32)29-11-2-6-14-33(29)38/h1-23,28,32H,(H,40,41). The van der Waals surface area contributed by atoms with Crippen molar-refractivity contribution in [2.45, 2.75) is 11.3 Å². The molecule has 2 nitrogen and oxygen atoms in total. The Labute approximate surface area is 248 Å². The van der Waals surface area contributed by atoms with Gasteiger partial charge in [0, 0.05) is 33.1 Å². The van der Waals surface area contributed by atoms with Gasteiger partial charge < -0.3 is 5.32 Å². The van der Waals surface area contributed by atoms with Crippen LogP contribution < -0.4 is 5.32 Å². The summed E-state index contributed by atoms with van der Waals surface area (Å²) in [6, 6.07) is 40.3. The van der Waals surface area contributed by atoms with Gasteiger partial charge in [0.25, 0.3) is 5.91 Å². The molecule has 41 heavy (non-hydrogen) atoms. The van der Waals surface area contributed by atoms with Crippen molar-refractivity contribution in [3.8, 4) is 22.3 Å². The third-order valence-electron chi connectivity index (χ3n) is 9.06. The van der Waals surface area contributed by atoms with E-state index in [-0.39, 0.29) is 17.2 Å². The van der Waals surface area contributed by atoms with E-state index in [4.69, 9.17) is 0 Å². The second-order valence-electron chi connectivity index (χ2n) is 11.0. The predicted octanol–water partition coefficient (Wildman–Crippen LogP) is 9.52. The molecule has 0 heterocycles. The Kier molecular flexibility index (Phi) is 5.51. The highest BCUT2D eigenvalue weighted by Crippen LogP contribution is 2.65. The quantitative estimate of drug-likeness (QED) is 0.222. The Balaban J connectivity index is 1.31. The maximum Gasteiger partial charge on any atom is 0.255 e. The highest BCUT2D eigenvalue weighted by atomic mass is 79.9. The zero-order valence-electron chi connectivity index (χ0n) is 22.2. The Hall–Kier alpha value is -4.47. The van der Waals surface area contributed by atoms with Crippen molar-refractivity contribution >= 4 is 27.5 Å². The summed E-state index contributed by atoms with van der Waals surface area (Å²) in [5.41, 5.74) is 11.4. The van der Waals surface area contributed by atoms with Crippen molar-refractivity contribution in [3.63, 3.8) is 0 Å². The van der Waals surface area contributed by atoms with Crippen LogP contribution in [0.4, 0.5) is 5.69 Å². The van der Waals surface area contributed by atoms with E-state index in [2.05, 4.69) is 118 Å². The molecule has 3 heteroatoms. The van der Waals surface area contributed by atoms with E-state index < -0.39 is 0 Å². The molecule has 3 atom stereocenters. The molecule has 0 saturated heterocycles.